The fraction of sp³-hybridized carbons (Fsp3) is 1.00. The number of halogens is 1. The monoisotopic (exact) mass is 151 g/mol. The highest BCUT2D eigenvalue weighted by molar-refractivity contribution is 4.39. The van der Waals surface area contributed by atoms with Crippen molar-refractivity contribution in [3.05, 3.63) is 0 Å². The van der Waals surface area contributed by atoms with Crippen LogP contribution < -0.4 is 5.32 Å². The van der Waals surface area contributed by atoms with Crippen LogP contribution in [0.4, 0.5) is 4.53 Å². The Morgan fingerprint density at radius 1 is 1.60 bits per heavy atom. The van der Waals surface area contributed by atoms with E-state index in [4.69, 9.17) is 4.74 Å². The van der Waals surface area contributed by atoms with E-state index in [-0.39, 0.29) is 0 Å². The molecule has 0 spiro atoms. The quantitative estimate of drug-likeness (QED) is 0.451. The largest absolute Gasteiger partial charge is 0.350 e. The lowest BCUT2D eigenvalue weighted by atomic mass is 10.4. The number of hydrogen-bond donors (Lipinski definition) is 1. The minimum atomic E-state index is -0.739. The molecule has 0 aliphatic heterocycles. The second-order valence-electron chi connectivity index (χ2n) is 1.98. The van der Waals surface area contributed by atoms with Crippen LogP contribution in [0.5, 0.6) is 0 Å². The summed E-state index contributed by atoms with van der Waals surface area (Å²) in [5, 5.41) is 2.94. The third-order valence-corrected chi connectivity index (χ3v) is 1.05. The van der Waals surface area contributed by atoms with E-state index in [1.54, 1.807) is 0 Å². The third kappa shape index (κ3) is 5.94. The van der Waals surface area contributed by atoms with Crippen molar-refractivity contribution in [1.29, 1.82) is 0 Å². The fourth-order valence-electron chi connectivity index (χ4n) is 0.524. The molecular weight excluding hydrogens is 137 g/mol. The first-order chi connectivity index (χ1) is 4.81. The van der Waals surface area contributed by atoms with Crippen molar-refractivity contribution in [2.45, 2.75) is 19.6 Å². The summed E-state index contributed by atoms with van der Waals surface area (Å²) in [5.74, 6) is 0. The zero-order chi connectivity index (χ0) is 7.82. The summed E-state index contributed by atoms with van der Waals surface area (Å²) in [7, 11) is 1.86. The van der Waals surface area contributed by atoms with Crippen molar-refractivity contribution in [3.63, 3.8) is 0 Å². The van der Waals surface area contributed by atoms with Crippen LogP contribution in [-0.2, 0) is 9.68 Å². The van der Waals surface area contributed by atoms with E-state index in [9.17, 15) is 4.53 Å². The smallest absolute Gasteiger partial charge is 0.193 e. The van der Waals surface area contributed by atoms with Crippen LogP contribution >= 0.6 is 0 Å². The van der Waals surface area contributed by atoms with Gasteiger partial charge in [-0.3, -0.25) is 0 Å². The molecule has 1 atom stereocenters. The molecule has 62 valence electrons. The highest BCUT2D eigenvalue weighted by Crippen LogP contribution is 1.93. The molecule has 1 N–H and O–H groups in total. The van der Waals surface area contributed by atoms with Crippen molar-refractivity contribution in [1.82, 2.24) is 5.32 Å². The predicted molar refractivity (Wildman–Crippen MR) is 36.2 cm³/mol. The van der Waals surface area contributed by atoms with E-state index in [0.29, 0.717) is 6.61 Å². The Hall–Kier alpha value is -0.190. The van der Waals surface area contributed by atoms with Gasteiger partial charge in [0.15, 0.2) is 6.29 Å². The van der Waals surface area contributed by atoms with Crippen molar-refractivity contribution < 1.29 is 14.2 Å². The van der Waals surface area contributed by atoms with E-state index in [2.05, 4.69) is 10.3 Å². The van der Waals surface area contributed by atoms with E-state index < -0.39 is 6.29 Å². The second kappa shape index (κ2) is 6.92. The molecule has 3 nitrogen and oxygen atoms in total. The molecule has 0 fully saturated rings. The minimum absolute atomic E-state index is 0.520. The standard InChI is InChI=1S/C6H14FNO2/c1-6(10-7)9-5-3-4-8-2/h6,8H,3-5H2,1-2H3. The topological polar surface area (TPSA) is 30.5 Å². The van der Waals surface area contributed by atoms with Gasteiger partial charge in [-0.25, -0.2) is 0 Å². The van der Waals surface area contributed by atoms with E-state index in [1.165, 1.54) is 6.92 Å². The number of hydrogen-bond acceptors (Lipinski definition) is 3. The Morgan fingerprint density at radius 3 is 2.80 bits per heavy atom. The highest BCUT2D eigenvalue weighted by atomic mass is 19.3. The Kier molecular flexibility index (Phi) is 6.79. The molecule has 0 rings (SSSR count). The van der Waals surface area contributed by atoms with Crippen molar-refractivity contribution >= 4 is 0 Å². The molecule has 0 aromatic heterocycles. The summed E-state index contributed by atoms with van der Waals surface area (Å²) >= 11 is 0. The van der Waals surface area contributed by atoms with Gasteiger partial charge < -0.3 is 10.1 Å². The molecule has 0 aliphatic carbocycles. The average molecular weight is 151 g/mol. The van der Waals surface area contributed by atoms with Crippen LogP contribution in [0, 0.1) is 0 Å². The van der Waals surface area contributed by atoms with Gasteiger partial charge in [0.25, 0.3) is 0 Å². The Morgan fingerprint density at radius 2 is 2.30 bits per heavy atom. The maximum Gasteiger partial charge on any atom is 0.193 e. The summed E-state index contributed by atoms with van der Waals surface area (Å²) in [5.41, 5.74) is 0. The summed E-state index contributed by atoms with van der Waals surface area (Å²) in [6.45, 7) is 2.91. The molecule has 0 saturated heterocycles. The van der Waals surface area contributed by atoms with E-state index in [1.807, 2.05) is 7.05 Å². The molecule has 0 aliphatic rings. The molecular formula is C6H14FNO2. The number of nitrogens with one attached hydrogen (secondary N) is 1. The lowest BCUT2D eigenvalue weighted by Crippen LogP contribution is -2.14. The maximum atomic E-state index is 11.3. The molecule has 0 bridgehead atoms. The Labute approximate surface area is 60.4 Å². The normalized spacial score (nSPS) is 13.5. The van der Waals surface area contributed by atoms with Crippen molar-refractivity contribution in [2.75, 3.05) is 20.2 Å². The van der Waals surface area contributed by atoms with Crippen LogP contribution in [0.15, 0.2) is 0 Å². The first-order valence-corrected chi connectivity index (χ1v) is 3.35. The van der Waals surface area contributed by atoms with Crippen molar-refractivity contribution in [2.24, 2.45) is 0 Å². The Bertz CT molecular complexity index is 72.8. The molecule has 10 heavy (non-hydrogen) atoms. The second-order valence-corrected chi connectivity index (χ2v) is 1.98. The minimum Gasteiger partial charge on any atom is -0.350 e. The molecule has 0 heterocycles. The maximum absolute atomic E-state index is 11.3. The summed E-state index contributed by atoms with van der Waals surface area (Å²) in [4.78, 5) is 3.39. The van der Waals surface area contributed by atoms with Gasteiger partial charge in [-0.05, 0) is 31.5 Å². The first kappa shape index (κ1) is 9.81. The highest BCUT2D eigenvalue weighted by Gasteiger charge is 1.99. The third-order valence-electron chi connectivity index (χ3n) is 1.05. The molecule has 1 unspecified atom stereocenters. The Balaban J connectivity index is 2.89. The summed E-state index contributed by atoms with van der Waals surface area (Å²) < 4.78 is 16.1. The van der Waals surface area contributed by atoms with Crippen LogP contribution in [0.1, 0.15) is 13.3 Å². The van der Waals surface area contributed by atoms with Crippen LogP contribution in [0.2, 0.25) is 0 Å². The van der Waals surface area contributed by atoms with Crippen LogP contribution in [0.25, 0.3) is 0 Å². The zero-order valence-corrected chi connectivity index (χ0v) is 6.39. The van der Waals surface area contributed by atoms with Gasteiger partial charge in [-0.15, -0.1) is 0 Å². The zero-order valence-electron chi connectivity index (χ0n) is 6.39. The molecule has 0 amide bonds. The predicted octanol–water partition coefficient (Wildman–Crippen LogP) is 0.860. The summed E-state index contributed by atoms with van der Waals surface area (Å²) in [6, 6.07) is 0. The first-order valence-electron chi connectivity index (χ1n) is 3.35. The van der Waals surface area contributed by atoms with E-state index >= 15 is 0 Å². The van der Waals surface area contributed by atoms with Crippen LogP contribution in [-0.4, -0.2) is 26.5 Å². The van der Waals surface area contributed by atoms with Crippen molar-refractivity contribution in [3.8, 4) is 0 Å². The fourth-order valence-corrected chi connectivity index (χ4v) is 0.524. The number of rotatable bonds is 6. The molecule has 0 aromatic rings. The number of ether oxygens (including phenoxy) is 1. The van der Waals surface area contributed by atoms with Gasteiger partial charge in [0.05, 0.1) is 6.61 Å². The molecule has 0 saturated carbocycles. The van der Waals surface area contributed by atoms with Gasteiger partial charge >= 0.3 is 0 Å². The summed E-state index contributed by atoms with van der Waals surface area (Å²) in [6.07, 6.45) is 0.126. The SMILES string of the molecule is CNCCCOC(C)OF. The lowest BCUT2D eigenvalue weighted by Gasteiger charge is -2.06. The van der Waals surface area contributed by atoms with Gasteiger partial charge in [0.2, 0.25) is 0 Å². The lowest BCUT2D eigenvalue weighted by molar-refractivity contribution is -0.266. The van der Waals surface area contributed by atoms with Crippen LogP contribution in [0.3, 0.4) is 0 Å². The molecule has 0 radical (unpaired) electrons. The van der Waals surface area contributed by atoms with Gasteiger partial charge in [-0.1, -0.05) is 0 Å². The van der Waals surface area contributed by atoms with Gasteiger partial charge in [0.1, 0.15) is 0 Å². The van der Waals surface area contributed by atoms with E-state index in [0.717, 1.165) is 13.0 Å². The van der Waals surface area contributed by atoms with Gasteiger partial charge in [-0.2, -0.15) is 4.94 Å². The van der Waals surface area contributed by atoms with Gasteiger partial charge in [0, 0.05) is 0 Å². The molecule has 4 heteroatoms. The average Bonchev–Trinajstić information content (AvgIpc) is 1.98. The molecule has 0 aromatic carbocycles.